The molecule has 1 atom stereocenters. The summed E-state index contributed by atoms with van der Waals surface area (Å²) in [6.07, 6.45) is 0.551. The topological polar surface area (TPSA) is 29.1 Å². The Labute approximate surface area is 122 Å². The molecule has 2 aromatic carbocycles. The molecule has 1 N–H and O–H groups in total. The summed E-state index contributed by atoms with van der Waals surface area (Å²) < 4.78 is 25.6. The normalized spacial score (nSPS) is 12.0. The number of carbonyl (C=O) groups is 1. The quantitative estimate of drug-likeness (QED) is 0.897. The van der Waals surface area contributed by atoms with Crippen LogP contribution in [0.2, 0.25) is 0 Å². The van der Waals surface area contributed by atoms with Crippen molar-refractivity contribution in [1.29, 1.82) is 0 Å². The largest absolute Gasteiger partial charge is 0.352 e. The van der Waals surface area contributed by atoms with Gasteiger partial charge in [0, 0.05) is 12.5 Å². The second-order valence-electron chi connectivity index (χ2n) is 5.08. The lowest BCUT2D eigenvalue weighted by Gasteiger charge is -2.12. The summed E-state index contributed by atoms with van der Waals surface area (Å²) in [4.78, 5) is 12.0. The van der Waals surface area contributed by atoms with Crippen LogP contribution in [0.4, 0.5) is 8.78 Å². The molecule has 1 amide bonds. The number of halogens is 2. The van der Waals surface area contributed by atoms with E-state index in [1.807, 2.05) is 6.92 Å². The predicted molar refractivity (Wildman–Crippen MR) is 77.5 cm³/mol. The monoisotopic (exact) mass is 289 g/mol. The third-order valence-electron chi connectivity index (χ3n) is 3.28. The molecule has 0 fully saturated rings. The smallest absolute Gasteiger partial charge is 0.223 e. The van der Waals surface area contributed by atoms with Gasteiger partial charge in [0.25, 0.3) is 0 Å². The molecule has 21 heavy (non-hydrogen) atoms. The van der Waals surface area contributed by atoms with Gasteiger partial charge in [-0.1, -0.05) is 31.2 Å². The molecular formula is C17H17F2NO. The highest BCUT2D eigenvalue weighted by atomic mass is 19.1. The van der Waals surface area contributed by atoms with Crippen LogP contribution in [0, 0.1) is 17.6 Å². The summed E-state index contributed by atoms with van der Waals surface area (Å²) in [6, 6.07) is 12.1. The SMILES string of the molecule is CC(Cc1ccc(F)cc1)C(=O)NCc1ccc(F)cc1. The van der Waals surface area contributed by atoms with Crippen molar-refractivity contribution in [1.82, 2.24) is 5.32 Å². The summed E-state index contributed by atoms with van der Waals surface area (Å²) in [5.41, 5.74) is 1.76. The molecule has 0 spiro atoms. The summed E-state index contributed by atoms with van der Waals surface area (Å²) in [6.45, 7) is 2.19. The molecule has 0 heterocycles. The summed E-state index contributed by atoms with van der Waals surface area (Å²) >= 11 is 0. The van der Waals surface area contributed by atoms with E-state index in [1.54, 1.807) is 24.3 Å². The third-order valence-corrected chi connectivity index (χ3v) is 3.28. The van der Waals surface area contributed by atoms with Crippen molar-refractivity contribution in [2.24, 2.45) is 5.92 Å². The van der Waals surface area contributed by atoms with E-state index < -0.39 is 0 Å². The molecule has 0 aliphatic rings. The average molecular weight is 289 g/mol. The molecule has 4 heteroatoms. The summed E-state index contributed by atoms with van der Waals surface area (Å²) in [5.74, 6) is -0.874. The highest BCUT2D eigenvalue weighted by molar-refractivity contribution is 5.78. The van der Waals surface area contributed by atoms with E-state index >= 15 is 0 Å². The average Bonchev–Trinajstić information content (AvgIpc) is 2.48. The number of amides is 1. The lowest BCUT2D eigenvalue weighted by Crippen LogP contribution is -2.29. The van der Waals surface area contributed by atoms with E-state index in [4.69, 9.17) is 0 Å². The Morgan fingerprint density at radius 1 is 0.952 bits per heavy atom. The van der Waals surface area contributed by atoms with Crippen LogP contribution < -0.4 is 5.32 Å². The molecule has 0 aromatic heterocycles. The van der Waals surface area contributed by atoms with Crippen LogP contribution in [0.1, 0.15) is 18.1 Å². The second-order valence-corrected chi connectivity index (χ2v) is 5.08. The van der Waals surface area contributed by atoms with E-state index in [-0.39, 0.29) is 23.5 Å². The number of benzene rings is 2. The lowest BCUT2D eigenvalue weighted by atomic mass is 10.0. The van der Waals surface area contributed by atoms with Gasteiger partial charge in [0.2, 0.25) is 5.91 Å². The van der Waals surface area contributed by atoms with Gasteiger partial charge in [-0.15, -0.1) is 0 Å². The molecule has 0 radical (unpaired) electrons. The molecule has 0 aliphatic heterocycles. The van der Waals surface area contributed by atoms with Gasteiger partial charge in [0.05, 0.1) is 0 Å². The maximum absolute atomic E-state index is 12.8. The molecule has 2 rings (SSSR count). The zero-order valence-corrected chi connectivity index (χ0v) is 11.8. The predicted octanol–water partition coefficient (Wildman–Crippen LogP) is 3.46. The number of rotatable bonds is 5. The van der Waals surface area contributed by atoms with Gasteiger partial charge in [-0.2, -0.15) is 0 Å². The first-order valence-electron chi connectivity index (χ1n) is 6.81. The Bertz CT molecular complexity index is 593. The molecule has 2 aromatic rings. The summed E-state index contributed by atoms with van der Waals surface area (Å²) in [5, 5.41) is 2.81. The van der Waals surface area contributed by atoms with Crippen LogP contribution >= 0.6 is 0 Å². The Kier molecular flexibility index (Phi) is 5.04. The molecular weight excluding hydrogens is 272 g/mol. The fourth-order valence-electron chi connectivity index (χ4n) is 2.03. The zero-order chi connectivity index (χ0) is 15.2. The standard InChI is InChI=1S/C17H17F2NO/c1-12(10-13-2-6-15(18)7-3-13)17(21)20-11-14-4-8-16(19)9-5-14/h2-9,12H,10-11H2,1H3,(H,20,21). The van der Waals surface area contributed by atoms with Crippen LogP contribution in [-0.4, -0.2) is 5.91 Å². The Hall–Kier alpha value is -2.23. The molecule has 0 bridgehead atoms. The Balaban J connectivity index is 1.84. The van der Waals surface area contributed by atoms with Gasteiger partial charge < -0.3 is 5.32 Å². The van der Waals surface area contributed by atoms with Gasteiger partial charge in [0.1, 0.15) is 11.6 Å². The first-order chi connectivity index (χ1) is 10.0. The van der Waals surface area contributed by atoms with E-state index in [9.17, 15) is 13.6 Å². The van der Waals surface area contributed by atoms with Gasteiger partial charge >= 0.3 is 0 Å². The molecule has 110 valence electrons. The van der Waals surface area contributed by atoms with E-state index in [0.717, 1.165) is 11.1 Å². The third kappa shape index (κ3) is 4.67. The van der Waals surface area contributed by atoms with E-state index in [0.29, 0.717) is 13.0 Å². The maximum atomic E-state index is 12.8. The maximum Gasteiger partial charge on any atom is 0.223 e. The van der Waals surface area contributed by atoms with Crippen molar-refractivity contribution in [3.8, 4) is 0 Å². The molecule has 2 nitrogen and oxygen atoms in total. The van der Waals surface area contributed by atoms with Gasteiger partial charge in [-0.25, -0.2) is 8.78 Å². The van der Waals surface area contributed by atoms with Crippen molar-refractivity contribution in [2.45, 2.75) is 19.9 Å². The van der Waals surface area contributed by atoms with Crippen LogP contribution in [0.15, 0.2) is 48.5 Å². The first kappa shape index (κ1) is 15.2. The second kappa shape index (κ2) is 6.97. The Morgan fingerprint density at radius 2 is 1.43 bits per heavy atom. The van der Waals surface area contributed by atoms with E-state index in [2.05, 4.69) is 5.32 Å². The minimum Gasteiger partial charge on any atom is -0.352 e. The highest BCUT2D eigenvalue weighted by Crippen LogP contribution is 2.10. The van der Waals surface area contributed by atoms with Crippen LogP contribution in [0.3, 0.4) is 0 Å². The van der Waals surface area contributed by atoms with Crippen LogP contribution in [0.25, 0.3) is 0 Å². The van der Waals surface area contributed by atoms with Crippen molar-refractivity contribution in [3.63, 3.8) is 0 Å². The lowest BCUT2D eigenvalue weighted by molar-refractivity contribution is -0.124. The molecule has 1 unspecified atom stereocenters. The summed E-state index contributed by atoms with van der Waals surface area (Å²) in [7, 11) is 0. The molecule has 0 saturated heterocycles. The number of hydrogen-bond donors (Lipinski definition) is 1. The number of carbonyl (C=O) groups excluding carboxylic acids is 1. The van der Waals surface area contributed by atoms with Crippen molar-refractivity contribution < 1.29 is 13.6 Å². The molecule has 0 saturated carbocycles. The van der Waals surface area contributed by atoms with E-state index in [1.165, 1.54) is 24.3 Å². The minimum absolute atomic E-state index is 0.0800. The fraction of sp³-hybridized carbons (Fsp3) is 0.235. The van der Waals surface area contributed by atoms with Crippen LogP contribution in [-0.2, 0) is 17.8 Å². The minimum atomic E-state index is -0.297. The molecule has 0 aliphatic carbocycles. The first-order valence-corrected chi connectivity index (χ1v) is 6.81. The Morgan fingerprint density at radius 3 is 1.95 bits per heavy atom. The van der Waals surface area contributed by atoms with Gasteiger partial charge in [-0.05, 0) is 41.8 Å². The number of nitrogens with one attached hydrogen (secondary N) is 1. The van der Waals surface area contributed by atoms with Crippen molar-refractivity contribution in [3.05, 3.63) is 71.3 Å². The van der Waals surface area contributed by atoms with Crippen molar-refractivity contribution in [2.75, 3.05) is 0 Å². The van der Waals surface area contributed by atoms with Gasteiger partial charge in [0.15, 0.2) is 0 Å². The number of hydrogen-bond acceptors (Lipinski definition) is 1. The van der Waals surface area contributed by atoms with Crippen LogP contribution in [0.5, 0.6) is 0 Å². The van der Waals surface area contributed by atoms with Crippen molar-refractivity contribution >= 4 is 5.91 Å². The highest BCUT2D eigenvalue weighted by Gasteiger charge is 2.13. The zero-order valence-electron chi connectivity index (χ0n) is 11.8. The fourth-order valence-corrected chi connectivity index (χ4v) is 2.03. The van der Waals surface area contributed by atoms with Gasteiger partial charge in [-0.3, -0.25) is 4.79 Å².